The zero-order valence-electron chi connectivity index (χ0n) is 10.9. The van der Waals surface area contributed by atoms with Gasteiger partial charge < -0.3 is 10.0 Å². The lowest BCUT2D eigenvalue weighted by molar-refractivity contribution is -0.0294. The molecule has 1 heterocycles. The summed E-state index contributed by atoms with van der Waals surface area (Å²) >= 11 is 0. The summed E-state index contributed by atoms with van der Waals surface area (Å²) in [4.78, 5) is 2.52. The number of nitrogens with zero attached hydrogens (tertiary/aromatic N) is 1. The first-order valence-corrected chi connectivity index (χ1v) is 7.08. The molecule has 0 aromatic carbocycles. The lowest BCUT2D eigenvalue weighted by atomic mass is 9.80. The average Bonchev–Trinajstić information content (AvgIpc) is 2.70. The smallest absolute Gasteiger partial charge is 0.0688 e. The first-order valence-electron chi connectivity index (χ1n) is 7.08. The van der Waals surface area contributed by atoms with Gasteiger partial charge in [-0.3, -0.25) is 0 Å². The molecule has 1 saturated carbocycles. The maximum Gasteiger partial charge on any atom is 0.0688 e. The van der Waals surface area contributed by atoms with Gasteiger partial charge in [0.05, 0.1) is 5.60 Å². The van der Waals surface area contributed by atoms with Gasteiger partial charge in [0.2, 0.25) is 0 Å². The van der Waals surface area contributed by atoms with Crippen LogP contribution in [-0.2, 0) is 0 Å². The van der Waals surface area contributed by atoms with Crippen molar-refractivity contribution in [2.24, 2.45) is 5.92 Å². The normalized spacial score (nSPS) is 34.5. The van der Waals surface area contributed by atoms with Gasteiger partial charge in [-0.1, -0.05) is 12.8 Å². The summed E-state index contributed by atoms with van der Waals surface area (Å²) in [6, 6.07) is 0.630. The van der Waals surface area contributed by atoms with Crippen molar-refractivity contribution in [2.45, 2.75) is 70.4 Å². The van der Waals surface area contributed by atoms with E-state index in [1.54, 1.807) is 0 Å². The van der Waals surface area contributed by atoms with Gasteiger partial charge in [-0.25, -0.2) is 0 Å². The van der Waals surface area contributed by atoms with E-state index in [1.165, 1.54) is 38.6 Å². The van der Waals surface area contributed by atoms with E-state index in [9.17, 15) is 5.11 Å². The first kappa shape index (κ1) is 12.4. The molecule has 0 bridgehead atoms. The zero-order chi connectivity index (χ0) is 11.6. The molecule has 2 nitrogen and oxygen atoms in total. The van der Waals surface area contributed by atoms with Crippen molar-refractivity contribution in [3.8, 4) is 0 Å². The molecule has 2 heteroatoms. The number of likely N-dealkylation sites (tertiary alicyclic amines) is 1. The first-order chi connectivity index (χ1) is 7.62. The Bertz CT molecular complexity index is 223. The van der Waals surface area contributed by atoms with Gasteiger partial charge in [-0.15, -0.1) is 0 Å². The average molecular weight is 225 g/mol. The van der Waals surface area contributed by atoms with Crippen LogP contribution in [0.1, 0.15) is 58.8 Å². The van der Waals surface area contributed by atoms with E-state index in [4.69, 9.17) is 0 Å². The highest BCUT2D eigenvalue weighted by molar-refractivity contribution is 4.92. The second kappa shape index (κ2) is 5.05. The van der Waals surface area contributed by atoms with E-state index in [1.807, 2.05) is 0 Å². The Kier molecular flexibility index (Phi) is 3.91. The molecule has 1 saturated heterocycles. The standard InChI is InChI=1S/C14H27NO/c1-12(2)15-10-5-8-14(16,9-11-15)13-6-3-4-7-13/h12-13,16H,3-11H2,1-2H3. The zero-order valence-corrected chi connectivity index (χ0v) is 10.9. The maximum absolute atomic E-state index is 10.8. The molecule has 1 unspecified atom stereocenters. The van der Waals surface area contributed by atoms with Crippen molar-refractivity contribution in [3.63, 3.8) is 0 Å². The second-order valence-corrected chi connectivity index (χ2v) is 6.07. The maximum atomic E-state index is 10.8. The van der Waals surface area contributed by atoms with Gasteiger partial charge in [-0.2, -0.15) is 0 Å². The third-order valence-electron chi connectivity index (χ3n) is 4.73. The van der Waals surface area contributed by atoms with Crippen LogP contribution in [0.4, 0.5) is 0 Å². The molecule has 1 atom stereocenters. The lowest BCUT2D eigenvalue weighted by Crippen LogP contribution is -2.38. The predicted molar refractivity (Wildman–Crippen MR) is 67.5 cm³/mol. The van der Waals surface area contributed by atoms with Crippen molar-refractivity contribution in [2.75, 3.05) is 13.1 Å². The van der Waals surface area contributed by atoms with Crippen molar-refractivity contribution >= 4 is 0 Å². The largest absolute Gasteiger partial charge is 0.390 e. The Balaban J connectivity index is 1.96. The van der Waals surface area contributed by atoms with Crippen LogP contribution < -0.4 is 0 Å². The monoisotopic (exact) mass is 225 g/mol. The number of hydrogen-bond acceptors (Lipinski definition) is 2. The van der Waals surface area contributed by atoms with Crippen LogP contribution >= 0.6 is 0 Å². The molecule has 0 spiro atoms. The van der Waals surface area contributed by atoms with Crippen LogP contribution in [0.3, 0.4) is 0 Å². The Morgan fingerprint density at radius 1 is 1.06 bits per heavy atom. The fourth-order valence-corrected chi connectivity index (χ4v) is 3.55. The number of hydrogen-bond donors (Lipinski definition) is 1. The molecule has 1 aliphatic heterocycles. The van der Waals surface area contributed by atoms with E-state index in [0.29, 0.717) is 12.0 Å². The molecular formula is C14H27NO. The second-order valence-electron chi connectivity index (χ2n) is 6.07. The van der Waals surface area contributed by atoms with Crippen LogP contribution in [-0.4, -0.2) is 34.7 Å². The van der Waals surface area contributed by atoms with E-state index in [2.05, 4.69) is 18.7 Å². The van der Waals surface area contributed by atoms with E-state index in [0.717, 1.165) is 19.4 Å². The molecule has 2 aliphatic rings. The molecule has 0 aromatic heterocycles. The molecule has 1 aliphatic carbocycles. The molecule has 0 aromatic rings. The molecule has 2 fully saturated rings. The van der Waals surface area contributed by atoms with Gasteiger partial charge in [0.25, 0.3) is 0 Å². The molecule has 0 amide bonds. The highest BCUT2D eigenvalue weighted by atomic mass is 16.3. The quantitative estimate of drug-likeness (QED) is 0.781. The minimum Gasteiger partial charge on any atom is -0.390 e. The van der Waals surface area contributed by atoms with Gasteiger partial charge >= 0.3 is 0 Å². The lowest BCUT2D eigenvalue weighted by Gasteiger charge is -2.33. The molecular weight excluding hydrogens is 198 g/mol. The summed E-state index contributed by atoms with van der Waals surface area (Å²) in [6.45, 7) is 6.79. The Morgan fingerprint density at radius 2 is 1.75 bits per heavy atom. The minimum atomic E-state index is -0.333. The third-order valence-corrected chi connectivity index (χ3v) is 4.73. The van der Waals surface area contributed by atoms with Crippen molar-refractivity contribution < 1.29 is 5.11 Å². The molecule has 94 valence electrons. The predicted octanol–water partition coefficient (Wildman–Crippen LogP) is 2.80. The molecule has 2 rings (SSSR count). The SMILES string of the molecule is CC(C)N1CCCC(O)(C2CCCC2)CC1. The summed E-state index contributed by atoms with van der Waals surface area (Å²) in [5, 5.41) is 10.8. The fraction of sp³-hybridized carbons (Fsp3) is 1.00. The summed E-state index contributed by atoms with van der Waals surface area (Å²) in [5.74, 6) is 0.597. The van der Waals surface area contributed by atoms with E-state index < -0.39 is 0 Å². The summed E-state index contributed by atoms with van der Waals surface area (Å²) in [5.41, 5.74) is -0.333. The van der Waals surface area contributed by atoms with Gasteiger partial charge in [0.15, 0.2) is 0 Å². The van der Waals surface area contributed by atoms with Crippen molar-refractivity contribution in [1.29, 1.82) is 0 Å². The Morgan fingerprint density at radius 3 is 2.38 bits per heavy atom. The van der Waals surface area contributed by atoms with Crippen molar-refractivity contribution in [1.82, 2.24) is 4.90 Å². The van der Waals surface area contributed by atoms with Crippen LogP contribution in [0.15, 0.2) is 0 Å². The van der Waals surface area contributed by atoms with E-state index >= 15 is 0 Å². The van der Waals surface area contributed by atoms with Gasteiger partial charge in [-0.05, 0) is 58.4 Å². The topological polar surface area (TPSA) is 23.5 Å². The highest BCUT2D eigenvalue weighted by Crippen LogP contribution is 2.40. The highest BCUT2D eigenvalue weighted by Gasteiger charge is 2.39. The Labute approximate surface area is 100 Å². The van der Waals surface area contributed by atoms with Crippen LogP contribution in [0, 0.1) is 5.92 Å². The summed E-state index contributed by atoms with van der Waals surface area (Å²) in [6.07, 6.45) is 8.39. The molecule has 1 N–H and O–H groups in total. The van der Waals surface area contributed by atoms with Gasteiger partial charge in [0, 0.05) is 12.6 Å². The minimum absolute atomic E-state index is 0.333. The Hall–Kier alpha value is -0.0800. The van der Waals surface area contributed by atoms with Crippen LogP contribution in [0.25, 0.3) is 0 Å². The van der Waals surface area contributed by atoms with Gasteiger partial charge in [0.1, 0.15) is 0 Å². The van der Waals surface area contributed by atoms with Crippen LogP contribution in [0.5, 0.6) is 0 Å². The van der Waals surface area contributed by atoms with Crippen LogP contribution in [0.2, 0.25) is 0 Å². The molecule has 0 radical (unpaired) electrons. The summed E-state index contributed by atoms with van der Waals surface area (Å²) < 4.78 is 0. The number of rotatable bonds is 2. The third kappa shape index (κ3) is 2.60. The van der Waals surface area contributed by atoms with Crippen molar-refractivity contribution in [3.05, 3.63) is 0 Å². The fourth-order valence-electron chi connectivity index (χ4n) is 3.55. The van der Waals surface area contributed by atoms with E-state index in [-0.39, 0.29) is 5.60 Å². The number of aliphatic hydroxyl groups is 1. The molecule has 16 heavy (non-hydrogen) atoms. The summed E-state index contributed by atoms with van der Waals surface area (Å²) in [7, 11) is 0.